The van der Waals surface area contributed by atoms with Crippen LogP contribution >= 0.6 is 11.6 Å². The van der Waals surface area contributed by atoms with E-state index in [4.69, 9.17) is 11.6 Å². The van der Waals surface area contributed by atoms with Gasteiger partial charge in [0.15, 0.2) is 0 Å². The van der Waals surface area contributed by atoms with E-state index in [9.17, 15) is 13.2 Å². The summed E-state index contributed by atoms with van der Waals surface area (Å²) in [6.45, 7) is 1.58. The van der Waals surface area contributed by atoms with E-state index in [2.05, 4.69) is 0 Å². The van der Waals surface area contributed by atoms with Crippen LogP contribution in [0, 0.1) is 17.8 Å². The predicted octanol–water partition coefficient (Wildman–Crippen LogP) is 3.00. The van der Waals surface area contributed by atoms with Gasteiger partial charge >= 0.3 is 0 Å². The van der Waals surface area contributed by atoms with Gasteiger partial charge in [-0.3, -0.25) is 4.79 Å². The van der Waals surface area contributed by atoms with Crippen LogP contribution in [0.15, 0.2) is 29.2 Å². The molecule has 1 aromatic carbocycles. The average Bonchev–Trinajstić information content (AvgIpc) is 3.25. The number of hydrogen-bond acceptors (Lipinski definition) is 3. The molecule has 1 amide bonds. The number of amides is 1. The van der Waals surface area contributed by atoms with Gasteiger partial charge in [0, 0.05) is 32.6 Å². The van der Waals surface area contributed by atoms with Gasteiger partial charge in [-0.05, 0) is 49.1 Å². The number of piperazine rings is 1. The van der Waals surface area contributed by atoms with Gasteiger partial charge in [-0.25, -0.2) is 8.42 Å². The van der Waals surface area contributed by atoms with Crippen molar-refractivity contribution in [1.82, 2.24) is 9.21 Å². The highest BCUT2D eigenvalue weighted by Gasteiger charge is 2.41. The molecule has 0 aromatic heterocycles. The molecule has 0 unspecified atom stereocenters. The number of halogens is 1. The van der Waals surface area contributed by atoms with Crippen molar-refractivity contribution in [3.05, 3.63) is 29.3 Å². The molecular weight excluding hydrogens is 372 g/mol. The number of hydrogen-bond donors (Lipinski definition) is 0. The fourth-order valence-electron chi connectivity index (χ4n) is 4.95. The summed E-state index contributed by atoms with van der Waals surface area (Å²) in [5, 5.41) is 0.238. The number of sulfonamides is 1. The van der Waals surface area contributed by atoms with Gasteiger partial charge in [-0.2, -0.15) is 4.31 Å². The number of benzene rings is 1. The second-order valence-electron chi connectivity index (χ2n) is 7.85. The Balaban J connectivity index is 1.35. The Morgan fingerprint density at radius 3 is 2.42 bits per heavy atom. The van der Waals surface area contributed by atoms with Crippen LogP contribution in [0.2, 0.25) is 5.02 Å². The van der Waals surface area contributed by atoms with Crippen LogP contribution in [0.3, 0.4) is 0 Å². The predicted molar refractivity (Wildman–Crippen MR) is 100 cm³/mol. The van der Waals surface area contributed by atoms with Crippen molar-refractivity contribution in [1.29, 1.82) is 0 Å². The number of rotatable bonds is 4. The Kier molecular flexibility index (Phi) is 5.01. The van der Waals surface area contributed by atoms with E-state index in [0.29, 0.717) is 38.5 Å². The highest BCUT2D eigenvalue weighted by atomic mass is 35.5. The first-order valence-corrected chi connectivity index (χ1v) is 11.3. The van der Waals surface area contributed by atoms with Crippen LogP contribution in [-0.2, 0) is 14.8 Å². The van der Waals surface area contributed by atoms with Crippen molar-refractivity contribution in [3.8, 4) is 0 Å². The van der Waals surface area contributed by atoms with Crippen LogP contribution in [-0.4, -0.2) is 49.7 Å². The van der Waals surface area contributed by atoms with Crippen molar-refractivity contribution in [2.24, 2.45) is 17.8 Å². The maximum atomic E-state index is 12.8. The van der Waals surface area contributed by atoms with E-state index in [1.54, 1.807) is 18.2 Å². The first kappa shape index (κ1) is 18.3. The van der Waals surface area contributed by atoms with Crippen molar-refractivity contribution in [3.63, 3.8) is 0 Å². The molecule has 3 aliphatic rings. The van der Waals surface area contributed by atoms with Gasteiger partial charge < -0.3 is 4.90 Å². The van der Waals surface area contributed by atoms with Crippen LogP contribution in [0.5, 0.6) is 0 Å². The van der Waals surface area contributed by atoms with Gasteiger partial charge in [-0.15, -0.1) is 0 Å². The molecule has 2 saturated carbocycles. The maximum absolute atomic E-state index is 12.8. The SMILES string of the molecule is O=C(C[C@H]1C[C@H]2CC[C@@H]1C2)N1CCN(S(=O)(=O)c2ccccc2Cl)CC1. The maximum Gasteiger partial charge on any atom is 0.244 e. The molecule has 0 N–H and O–H groups in total. The second kappa shape index (κ2) is 7.13. The van der Waals surface area contributed by atoms with E-state index in [-0.39, 0.29) is 15.8 Å². The summed E-state index contributed by atoms with van der Waals surface area (Å²) in [5.74, 6) is 2.32. The second-order valence-corrected chi connectivity index (χ2v) is 10.2. The van der Waals surface area contributed by atoms with Gasteiger partial charge in [0.05, 0.1) is 5.02 Å². The summed E-state index contributed by atoms with van der Waals surface area (Å²) in [7, 11) is -3.61. The zero-order valence-corrected chi connectivity index (χ0v) is 16.4. The zero-order valence-electron chi connectivity index (χ0n) is 14.8. The molecular formula is C19H25ClN2O3S. The standard InChI is InChI=1S/C19H25ClN2O3S/c20-17-3-1-2-4-18(17)26(24,25)22-9-7-21(8-10-22)19(23)13-16-12-14-5-6-15(16)11-14/h1-4,14-16H,5-13H2/t14-,15+,16+/m0/s1. The first-order chi connectivity index (χ1) is 12.4. The summed E-state index contributed by atoms with van der Waals surface area (Å²) in [5.41, 5.74) is 0. The Hall–Kier alpha value is -1.11. The quantitative estimate of drug-likeness (QED) is 0.786. The van der Waals surface area contributed by atoms with Gasteiger partial charge in [-0.1, -0.05) is 30.2 Å². The van der Waals surface area contributed by atoms with E-state index >= 15 is 0 Å². The molecule has 2 bridgehead atoms. The Morgan fingerprint density at radius 1 is 1.08 bits per heavy atom. The lowest BCUT2D eigenvalue weighted by atomic mass is 9.86. The molecule has 7 heteroatoms. The van der Waals surface area contributed by atoms with Gasteiger partial charge in [0.1, 0.15) is 4.90 Å². The van der Waals surface area contributed by atoms with Crippen LogP contribution in [0.1, 0.15) is 32.1 Å². The lowest BCUT2D eigenvalue weighted by Crippen LogP contribution is -2.50. The Bertz CT molecular complexity index is 790. The van der Waals surface area contributed by atoms with Crippen LogP contribution < -0.4 is 0 Å². The summed E-state index contributed by atoms with van der Waals surface area (Å²) in [6, 6.07) is 6.51. The Morgan fingerprint density at radius 2 is 1.81 bits per heavy atom. The molecule has 0 radical (unpaired) electrons. The highest BCUT2D eigenvalue weighted by Crippen LogP contribution is 2.49. The molecule has 2 aliphatic carbocycles. The molecule has 0 spiro atoms. The topological polar surface area (TPSA) is 57.7 Å². The minimum Gasteiger partial charge on any atom is -0.340 e. The molecule has 1 aromatic rings. The molecule has 4 rings (SSSR count). The molecule has 1 aliphatic heterocycles. The van der Waals surface area contributed by atoms with Gasteiger partial charge in [0.25, 0.3) is 0 Å². The number of carbonyl (C=O) groups is 1. The van der Waals surface area contributed by atoms with Crippen molar-refractivity contribution in [2.75, 3.05) is 26.2 Å². The van der Waals surface area contributed by atoms with Gasteiger partial charge in [0.2, 0.25) is 15.9 Å². The Labute approximate surface area is 160 Å². The first-order valence-electron chi connectivity index (χ1n) is 9.47. The minimum atomic E-state index is -3.61. The molecule has 142 valence electrons. The largest absolute Gasteiger partial charge is 0.340 e. The van der Waals surface area contributed by atoms with E-state index in [0.717, 1.165) is 11.8 Å². The fourth-order valence-corrected chi connectivity index (χ4v) is 6.87. The summed E-state index contributed by atoms with van der Waals surface area (Å²) >= 11 is 6.06. The third-order valence-corrected chi connectivity index (χ3v) is 8.77. The monoisotopic (exact) mass is 396 g/mol. The lowest BCUT2D eigenvalue weighted by Gasteiger charge is -2.35. The summed E-state index contributed by atoms with van der Waals surface area (Å²) < 4.78 is 27.0. The lowest BCUT2D eigenvalue weighted by molar-refractivity contribution is -0.133. The third-order valence-electron chi connectivity index (χ3n) is 6.37. The number of nitrogens with zero attached hydrogens (tertiary/aromatic N) is 2. The van der Waals surface area contributed by atoms with Crippen molar-refractivity contribution >= 4 is 27.5 Å². The fraction of sp³-hybridized carbons (Fsp3) is 0.632. The molecule has 3 atom stereocenters. The van der Waals surface area contributed by atoms with E-state index in [1.807, 2.05) is 4.90 Å². The third kappa shape index (κ3) is 3.39. The highest BCUT2D eigenvalue weighted by molar-refractivity contribution is 7.89. The smallest absolute Gasteiger partial charge is 0.244 e. The number of fused-ring (bicyclic) bond motifs is 2. The molecule has 1 heterocycles. The number of carbonyl (C=O) groups excluding carboxylic acids is 1. The minimum absolute atomic E-state index is 0.142. The van der Waals surface area contributed by atoms with Crippen molar-refractivity contribution < 1.29 is 13.2 Å². The van der Waals surface area contributed by atoms with E-state index in [1.165, 1.54) is 36.1 Å². The molecule has 5 nitrogen and oxygen atoms in total. The normalized spacial score (nSPS) is 29.3. The van der Waals surface area contributed by atoms with Crippen LogP contribution in [0.4, 0.5) is 0 Å². The summed E-state index contributed by atoms with van der Waals surface area (Å²) in [4.78, 5) is 14.6. The molecule has 1 saturated heterocycles. The van der Waals surface area contributed by atoms with Crippen LogP contribution in [0.25, 0.3) is 0 Å². The summed E-state index contributed by atoms with van der Waals surface area (Å²) in [6.07, 6.45) is 5.78. The van der Waals surface area contributed by atoms with Crippen molar-refractivity contribution in [2.45, 2.75) is 37.0 Å². The average molecular weight is 397 g/mol. The zero-order chi connectivity index (χ0) is 18.3. The molecule has 3 fully saturated rings. The molecule has 26 heavy (non-hydrogen) atoms. The van der Waals surface area contributed by atoms with E-state index < -0.39 is 10.0 Å².